The van der Waals surface area contributed by atoms with Crippen molar-refractivity contribution in [2.75, 3.05) is 11.9 Å². The Bertz CT molecular complexity index is 431. The molecule has 1 aromatic rings. The second-order valence-corrected chi connectivity index (χ2v) is 6.30. The Kier molecular flexibility index (Phi) is 5.21. The van der Waals surface area contributed by atoms with E-state index in [0.29, 0.717) is 12.6 Å². The molecule has 0 heterocycles. The van der Waals surface area contributed by atoms with Crippen LogP contribution in [0.1, 0.15) is 25.7 Å². The van der Waals surface area contributed by atoms with Crippen LogP contribution in [0, 0.1) is 0 Å². The zero-order valence-electron chi connectivity index (χ0n) is 10.0. The molecule has 1 aliphatic rings. The van der Waals surface area contributed by atoms with Gasteiger partial charge in [-0.25, -0.2) is 0 Å². The van der Waals surface area contributed by atoms with E-state index < -0.39 is 0 Å². The Labute approximate surface area is 124 Å². The lowest BCUT2D eigenvalue weighted by Crippen LogP contribution is -2.34. The summed E-state index contributed by atoms with van der Waals surface area (Å²) in [7, 11) is 0. The van der Waals surface area contributed by atoms with Crippen LogP contribution in [0.5, 0.6) is 0 Å². The molecule has 0 aliphatic heterocycles. The molecule has 0 spiro atoms. The van der Waals surface area contributed by atoms with Gasteiger partial charge in [-0.3, -0.25) is 4.79 Å². The summed E-state index contributed by atoms with van der Waals surface area (Å²) in [6.45, 7) is 0.382. The van der Waals surface area contributed by atoms with Gasteiger partial charge in [-0.2, -0.15) is 0 Å². The summed E-state index contributed by atoms with van der Waals surface area (Å²) in [5.41, 5.74) is 0.802. The molecule has 1 fully saturated rings. The molecular formula is C13H16Br2N2O. The van der Waals surface area contributed by atoms with Gasteiger partial charge in [-0.15, -0.1) is 0 Å². The number of carbonyl (C=O) groups is 1. The zero-order chi connectivity index (χ0) is 13.0. The first-order valence-electron chi connectivity index (χ1n) is 6.13. The Morgan fingerprint density at radius 1 is 1.28 bits per heavy atom. The molecule has 1 amide bonds. The fourth-order valence-corrected chi connectivity index (χ4v) is 3.30. The molecule has 18 heavy (non-hydrogen) atoms. The summed E-state index contributed by atoms with van der Waals surface area (Å²) >= 11 is 6.81. The average Bonchev–Trinajstić information content (AvgIpc) is 2.83. The predicted molar refractivity (Wildman–Crippen MR) is 80.7 cm³/mol. The summed E-state index contributed by atoms with van der Waals surface area (Å²) in [5, 5.41) is 6.19. The number of anilines is 1. The maximum Gasteiger partial charge on any atom is 0.238 e. The number of amides is 1. The average molecular weight is 376 g/mol. The highest BCUT2D eigenvalue weighted by molar-refractivity contribution is 9.11. The summed E-state index contributed by atoms with van der Waals surface area (Å²) in [6, 6.07) is 6.22. The topological polar surface area (TPSA) is 41.1 Å². The van der Waals surface area contributed by atoms with E-state index in [0.717, 1.165) is 14.6 Å². The monoisotopic (exact) mass is 374 g/mol. The number of hydrogen-bond acceptors (Lipinski definition) is 2. The molecule has 0 aromatic heterocycles. The van der Waals surface area contributed by atoms with Crippen molar-refractivity contribution in [3.63, 3.8) is 0 Å². The fraction of sp³-hybridized carbons (Fsp3) is 0.462. The lowest BCUT2D eigenvalue weighted by molar-refractivity contribution is -0.115. The van der Waals surface area contributed by atoms with Gasteiger partial charge < -0.3 is 10.6 Å². The molecule has 1 aliphatic carbocycles. The van der Waals surface area contributed by atoms with Crippen molar-refractivity contribution in [2.24, 2.45) is 0 Å². The van der Waals surface area contributed by atoms with Crippen LogP contribution in [0.15, 0.2) is 27.1 Å². The maximum absolute atomic E-state index is 11.8. The lowest BCUT2D eigenvalue weighted by atomic mass is 10.2. The van der Waals surface area contributed by atoms with Crippen LogP contribution in [0.3, 0.4) is 0 Å². The molecule has 1 saturated carbocycles. The van der Waals surface area contributed by atoms with Crippen molar-refractivity contribution in [1.82, 2.24) is 5.32 Å². The maximum atomic E-state index is 11.8. The SMILES string of the molecule is O=C(CNC1CCCC1)Nc1ccc(Br)cc1Br. The summed E-state index contributed by atoms with van der Waals surface area (Å²) in [6.07, 6.45) is 4.93. The third-order valence-electron chi connectivity index (χ3n) is 3.11. The number of hydrogen-bond donors (Lipinski definition) is 2. The van der Waals surface area contributed by atoms with Crippen molar-refractivity contribution < 1.29 is 4.79 Å². The minimum Gasteiger partial charge on any atom is -0.324 e. The molecule has 0 radical (unpaired) electrons. The van der Waals surface area contributed by atoms with Gasteiger partial charge in [0, 0.05) is 15.0 Å². The quantitative estimate of drug-likeness (QED) is 0.842. The van der Waals surface area contributed by atoms with Gasteiger partial charge in [0.25, 0.3) is 0 Å². The summed E-state index contributed by atoms with van der Waals surface area (Å²) in [4.78, 5) is 11.8. The van der Waals surface area contributed by atoms with Crippen molar-refractivity contribution >= 4 is 43.5 Å². The molecule has 3 nitrogen and oxygen atoms in total. The largest absolute Gasteiger partial charge is 0.324 e. The Hall–Kier alpha value is -0.390. The van der Waals surface area contributed by atoms with Crippen LogP contribution in [0.2, 0.25) is 0 Å². The number of carbonyl (C=O) groups excluding carboxylic acids is 1. The third-order valence-corrected chi connectivity index (χ3v) is 4.26. The van der Waals surface area contributed by atoms with Crippen molar-refractivity contribution in [1.29, 1.82) is 0 Å². The normalized spacial score (nSPS) is 15.9. The number of nitrogens with one attached hydrogen (secondary N) is 2. The van der Waals surface area contributed by atoms with Gasteiger partial charge in [0.2, 0.25) is 5.91 Å². The predicted octanol–water partition coefficient (Wildman–Crippen LogP) is 3.68. The molecule has 0 saturated heterocycles. The van der Waals surface area contributed by atoms with Gasteiger partial charge in [0.15, 0.2) is 0 Å². The second kappa shape index (κ2) is 6.68. The molecule has 5 heteroatoms. The van der Waals surface area contributed by atoms with E-state index in [1.165, 1.54) is 25.7 Å². The van der Waals surface area contributed by atoms with E-state index in [1.54, 1.807) is 0 Å². The molecule has 0 bridgehead atoms. The first-order valence-corrected chi connectivity index (χ1v) is 7.72. The highest BCUT2D eigenvalue weighted by atomic mass is 79.9. The van der Waals surface area contributed by atoms with Gasteiger partial charge in [-0.1, -0.05) is 28.8 Å². The van der Waals surface area contributed by atoms with Crippen LogP contribution < -0.4 is 10.6 Å². The van der Waals surface area contributed by atoms with Crippen molar-refractivity contribution in [3.8, 4) is 0 Å². The van der Waals surface area contributed by atoms with Crippen LogP contribution in [-0.4, -0.2) is 18.5 Å². The van der Waals surface area contributed by atoms with E-state index in [4.69, 9.17) is 0 Å². The minimum atomic E-state index is 0.00456. The van der Waals surface area contributed by atoms with E-state index in [-0.39, 0.29) is 5.91 Å². The highest BCUT2D eigenvalue weighted by Crippen LogP contribution is 2.26. The third kappa shape index (κ3) is 4.07. The number of benzene rings is 1. The van der Waals surface area contributed by atoms with E-state index in [1.807, 2.05) is 18.2 Å². The van der Waals surface area contributed by atoms with Crippen LogP contribution in [0.25, 0.3) is 0 Å². The van der Waals surface area contributed by atoms with Crippen LogP contribution in [0.4, 0.5) is 5.69 Å². The Balaban J connectivity index is 1.82. The molecule has 0 atom stereocenters. The molecule has 1 aromatic carbocycles. The zero-order valence-corrected chi connectivity index (χ0v) is 13.2. The molecular weight excluding hydrogens is 360 g/mol. The van der Waals surface area contributed by atoms with Gasteiger partial charge in [0.05, 0.1) is 12.2 Å². The number of rotatable bonds is 4. The first kappa shape index (κ1) is 14.0. The second-order valence-electron chi connectivity index (χ2n) is 4.53. The van der Waals surface area contributed by atoms with Gasteiger partial charge in [0.1, 0.15) is 0 Å². The molecule has 2 rings (SSSR count). The number of halogens is 2. The molecule has 0 unspecified atom stereocenters. The first-order chi connectivity index (χ1) is 8.65. The highest BCUT2D eigenvalue weighted by Gasteiger charge is 2.15. The summed E-state index contributed by atoms with van der Waals surface area (Å²) < 4.78 is 1.86. The lowest BCUT2D eigenvalue weighted by Gasteiger charge is -2.12. The minimum absolute atomic E-state index is 0.00456. The van der Waals surface area contributed by atoms with E-state index in [2.05, 4.69) is 42.5 Å². The van der Waals surface area contributed by atoms with Crippen LogP contribution in [-0.2, 0) is 4.79 Å². The Morgan fingerprint density at radius 2 is 2.00 bits per heavy atom. The van der Waals surface area contributed by atoms with Crippen molar-refractivity contribution in [3.05, 3.63) is 27.1 Å². The van der Waals surface area contributed by atoms with E-state index >= 15 is 0 Å². The molecule has 2 N–H and O–H groups in total. The van der Waals surface area contributed by atoms with Gasteiger partial charge >= 0.3 is 0 Å². The molecule has 98 valence electrons. The standard InChI is InChI=1S/C13H16Br2N2O/c14-9-5-6-12(11(15)7-9)17-13(18)8-16-10-3-1-2-4-10/h5-7,10,16H,1-4,8H2,(H,17,18). The van der Waals surface area contributed by atoms with Crippen LogP contribution >= 0.6 is 31.9 Å². The van der Waals surface area contributed by atoms with E-state index in [9.17, 15) is 4.79 Å². The fourth-order valence-electron chi connectivity index (χ4n) is 2.15. The van der Waals surface area contributed by atoms with Gasteiger partial charge in [-0.05, 0) is 47.0 Å². The summed E-state index contributed by atoms with van der Waals surface area (Å²) in [5.74, 6) is 0.00456. The Morgan fingerprint density at radius 3 is 2.67 bits per heavy atom. The van der Waals surface area contributed by atoms with Crippen molar-refractivity contribution in [2.45, 2.75) is 31.7 Å². The smallest absolute Gasteiger partial charge is 0.238 e.